The van der Waals surface area contributed by atoms with Crippen molar-refractivity contribution in [2.24, 2.45) is 0 Å². The summed E-state index contributed by atoms with van der Waals surface area (Å²) in [6.07, 6.45) is 7.87. The predicted octanol–water partition coefficient (Wildman–Crippen LogP) is 2.64. The van der Waals surface area contributed by atoms with Crippen molar-refractivity contribution in [2.45, 2.75) is 19.8 Å². The molecule has 1 aromatic rings. The van der Waals surface area contributed by atoms with Gasteiger partial charge in [0.15, 0.2) is 0 Å². The molecule has 0 aromatic heterocycles. The monoisotopic (exact) mass is 214 g/mol. The summed E-state index contributed by atoms with van der Waals surface area (Å²) in [7, 11) is 0. The third-order valence-corrected chi connectivity index (χ3v) is 3.06. The highest BCUT2D eigenvalue weighted by Gasteiger charge is 2.12. The van der Waals surface area contributed by atoms with Crippen LogP contribution in [0, 0.1) is 19.3 Å². The van der Waals surface area contributed by atoms with Gasteiger partial charge in [0, 0.05) is 24.5 Å². The van der Waals surface area contributed by atoms with Gasteiger partial charge < -0.3 is 10.2 Å². The molecule has 0 radical (unpaired) electrons. The normalized spacial score (nSPS) is 14.9. The zero-order valence-corrected chi connectivity index (χ0v) is 9.79. The van der Waals surface area contributed by atoms with Crippen LogP contribution in [0.1, 0.15) is 18.4 Å². The van der Waals surface area contributed by atoms with Crippen molar-refractivity contribution < 1.29 is 0 Å². The van der Waals surface area contributed by atoms with Gasteiger partial charge >= 0.3 is 0 Å². The van der Waals surface area contributed by atoms with E-state index >= 15 is 0 Å². The molecule has 0 unspecified atom stereocenters. The van der Waals surface area contributed by atoms with E-state index in [9.17, 15) is 0 Å². The number of hydrogen-bond acceptors (Lipinski definition) is 2. The first-order valence-electron chi connectivity index (χ1n) is 5.84. The lowest BCUT2D eigenvalue weighted by atomic mass is 10.1. The third-order valence-electron chi connectivity index (χ3n) is 3.06. The van der Waals surface area contributed by atoms with Gasteiger partial charge in [-0.25, -0.2) is 0 Å². The molecule has 1 N–H and O–H groups in total. The van der Waals surface area contributed by atoms with Crippen molar-refractivity contribution in [3.05, 3.63) is 23.8 Å². The molecule has 16 heavy (non-hydrogen) atoms. The van der Waals surface area contributed by atoms with Gasteiger partial charge in [-0.15, -0.1) is 6.42 Å². The Labute approximate surface area is 97.7 Å². The van der Waals surface area contributed by atoms with Gasteiger partial charge in [0.05, 0.1) is 6.54 Å². The van der Waals surface area contributed by atoms with E-state index in [-0.39, 0.29) is 0 Å². The minimum absolute atomic E-state index is 0.587. The van der Waals surface area contributed by atoms with Crippen LogP contribution in [0.4, 0.5) is 11.4 Å². The average Bonchev–Trinajstić information content (AvgIpc) is 2.81. The lowest BCUT2D eigenvalue weighted by molar-refractivity contribution is 0.949. The van der Waals surface area contributed by atoms with Crippen molar-refractivity contribution in [1.29, 1.82) is 0 Å². The quantitative estimate of drug-likeness (QED) is 0.778. The van der Waals surface area contributed by atoms with Gasteiger partial charge in [-0.05, 0) is 43.5 Å². The number of nitrogens with one attached hydrogen (secondary N) is 1. The second-order valence-electron chi connectivity index (χ2n) is 4.25. The van der Waals surface area contributed by atoms with Gasteiger partial charge in [-0.1, -0.05) is 5.92 Å². The maximum absolute atomic E-state index is 5.24. The largest absolute Gasteiger partial charge is 0.374 e. The summed E-state index contributed by atoms with van der Waals surface area (Å²) in [5.41, 5.74) is 3.74. The number of rotatable bonds is 3. The second-order valence-corrected chi connectivity index (χ2v) is 4.25. The fourth-order valence-electron chi connectivity index (χ4n) is 2.16. The van der Waals surface area contributed by atoms with E-state index in [1.165, 1.54) is 37.2 Å². The molecule has 0 saturated carbocycles. The molecule has 2 heteroatoms. The van der Waals surface area contributed by atoms with Gasteiger partial charge in [0.1, 0.15) is 0 Å². The van der Waals surface area contributed by atoms with Crippen LogP contribution in [-0.4, -0.2) is 19.6 Å². The van der Waals surface area contributed by atoms with E-state index in [0.29, 0.717) is 6.54 Å². The van der Waals surface area contributed by atoms with E-state index in [1.54, 1.807) is 0 Å². The van der Waals surface area contributed by atoms with Crippen molar-refractivity contribution >= 4 is 11.4 Å². The van der Waals surface area contributed by atoms with E-state index in [2.05, 4.69) is 41.3 Å². The highest BCUT2D eigenvalue weighted by molar-refractivity contribution is 5.60. The fourth-order valence-corrected chi connectivity index (χ4v) is 2.16. The number of anilines is 2. The van der Waals surface area contributed by atoms with Crippen LogP contribution in [0.15, 0.2) is 18.2 Å². The summed E-state index contributed by atoms with van der Waals surface area (Å²) < 4.78 is 0. The minimum atomic E-state index is 0.587. The zero-order chi connectivity index (χ0) is 11.4. The Hall–Kier alpha value is -1.62. The zero-order valence-electron chi connectivity index (χ0n) is 9.79. The minimum Gasteiger partial charge on any atom is -0.374 e. The van der Waals surface area contributed by atoms with Crippen LogP contribution < -0.4 is 10.2 Å². The van der Waals surface area contributed by atoms with Crippen LogP contribution in [0.5, 0.6) is 0 Å². The maximum atomic E-state index is 5.24. The molecule has 0 bridgehead atoms. The van der Waals surface area contributed by atoms with Crippen molar-refractivity contribution in [3.63, 3.8) is 0 Å². The van der Waals surface area contributed by atoms with Crippen molar-refractivity contribution in [1.82, 2.24) is 0 Å². The molecule has 0 atom stereocenters. The Morgan fingerprint density at radius 1 is 1.38 bits per heavy atom. The summed E-state index contributed by atoms with van der Waals surface area (Å²) in [6, 6.07) is 6.54. The molecular formula is C14H18N2. The fraction of sp³-hybridized carbons (Fsp3) is 0.429. The SMILES string of the molecule is C#CCNc1ccc(N2CCCC2)cc1C. The molecule has 1 saturated heterocycles. The van der Waals surface area contributed by atoms with E-state index in [4.69, 9.17) is 6.42 Å². The molecule has 1 aliphatic rings. The highest BCUT2D eigenvalue weighted by Crippen LogP contribution is 2.25. The molecule has 1 aromatic carbocycles. The molecule has 2 nitrogen and oxygen atoms in total. The molecule has 0 aliphatic carbocycles. The standard InChI is InChI=1S/C14H18N2/c1-3-8-15-14-7-6-13(11-12(14)2)16-9-4-5-10-16/h1,6-7,11,15H,4-5,8-10H2,2H3. The van der Waals surface area contributed by atoms with Gasteiger partial charge in [0.25, 0.3) is 0 Å². The van der Waals surface area contributed by atoms with Crippen LogP contribution in [0.3, 0.4) is 0 Å². The lowest BCUT2D eigenvalue weighted by Crippen LogP contribution is -2.17. The number of benzene rings is 1. The molecule has 2 rings (SSSR count). The Bertz CT molecular complexity index is 398. The maximum Gasteiger partial charge on any atom is 0.0763 e. The number of aryl methyl sites for hydroxylation is 1. The van der Waals surface area contributed by atoms with Crippen LogP contribution in [-0.2, 0) is 0 Å². The summed E-state index contributed by atoms with van der Waals surface area (Å²) in [5, 5.41) is 3.23. The van der Waals surface area contributed by atoms with Gasteiger partial charge in [-0.3, -0.25) is 0 Å². The topological polar surface area (TPSA) is 15.3 Å². The Morgan fingerprint density at radius 2 is 2.12 bits per heavy atom. The first-order chi connectivity index (χ1) is 7.81. The predicted molar refractivity (Wildman–Crippen MR) is 69.9 cm³/mol. The summed E-state index contributed by atoms with van der Waals surface area (Å²) in [4.78, 5) is 2.44. The van der Waals surface area contributed by atoms with Crippen LogP contribution >= 0.6 is 0 Å². The van der Waals surface area contributed by atoms with Crippen molar-refractivity contribution in [2.75, 3.05) is 29.9 Å². The summed E-state index contributed by atoms with van der Waals surface area (Å²) in [5.74, 6) is 2.59. The number of hydrogen-bond donors (Lipinski definition) is 1. The average molecular weight is 214 g/mol. The Morgan fingerprint density at radius 3 is 2.75 bits per heavy atom. The lowest BCUT2D eigenvalue weighted by Gasteiger charge is -2.19. The van der Waals surface area contributed by atoms with E-state index < -0.39 is 0 Å². The smallest absolute Gasteiger partial charge is 0.0763 e. The molecule has 84 valence electrons. The summed E-state index contributed by atoms with van der Waals surface area (Å²) in [6.45, 7) is 5.09. The molecule has 0 spiro atoms. The third kappa shape index (κ3) is 2.30. The molecule has 1 heterocycles. The number of terminal acetylenes is 1. The first-order valence-corrected chi connectivity index (χ1v) is 5.84. The van der Waals surface area contributed by atoms with Crippen LogP contribution in [0.25, 0.3) is 0 Å². The van der Waals surface area contributed by atoms with Crippen molar-refractivity contribution in [3.8, 4) is 12.3 Å². The van der Waals surface area contributed by atoms with E-state index in [1.807, 2.05) is 0 Å². The second kappa shape index (κ2) is 4.94. The first kappa shape index (κ1) is 10.9. The van der Waals surface area contributed by atoms with E-state index in [0.717, 1.165) is 5.69 Å². The highest BCUT2D eigenvalue weighted by atomic mass is 15.1. The van der Waals surface area contributed by atoms with Gasteiger partial charge in [-0.2, -0.15) is 0 Å². The van der Waals surface area contributed by atoms with Crippen LogP contribution in [0.2, 0.25) is 0 Å². The molecule has 0 amide bonds. The summed E-state index contributed by atoms with van der Waals surface area (Å²) >= 11 is 0. The Balaban J connectivity index is 2.12. The molecular weight excluding hydrogens is 196 g/mol. The molecule has 1 fully saturated rings. The number of nitrogens with zero attached hydrogens (tertiary/aromatic N) is 1. The molecule has 1 aliphatic heterocycles. The van der Waals surface area contributed by atoms with Gasteiger partial charge in [0.2, 0.25) is 0 Å². The Kier molecular flexibility index (Phi) is 3.36.